The molecule has 0 heterocycles. The quantitative estimate of drug-likeness (QED) is 0.869. The van der Waals surface area contributed by atoms with Crippen molar-refractivity contribution in [2.75, 3.05) is 19.0 Å². The molecule has 0 saturated heterocycles. The third-order valence-corrected chi connectivity index (χ3v) is 3.26. The summed E-state index contributed by atoms with van der Waals surface area (Å²) in [5, 5.41) is 4.82. The summed E-state index contributed by atoms with van der Waals surface area (Å²) in [6, 6.07) is 10.5. The van der Waals surface area contributed by atoms with Crippen molar-refractivity contribution in [3.63, 3.8) is 0 Å². The van der Waals surface area contributed by atoms with E-state index in [9.17, 15) is 22.8 Å². The van der Waals surface area contributed by atoms with Crippen molar-refractivity contribution in [3.05, 3.63) is 59.7 Å². The average Bonchev–Trinajstić information content (AvgIpc) is 2.59. The molecule has 0 aliphatic rings. The monoisotopic (exact) mass is 352 g/mol. The molecule has 5 nitrogen and oxygen atoms in total. The van der Waals surface area contributed by atoms with Gasteiger partial charge in [-0.2, -0.15) is 13.2 Å². The molecule has 0 aromatic heterocycles. The van der Waals surface area contributed by atoms with E-state index >= 15 is 0 Å². The lowest BCUT2D eigenvalue weighted by atomic mass is 10.2. The Bertz CT molecular complexity index is 758. The zero-order valence-electron chi connectivity index (χ0n) is 13.2. The van der Waals surface area contributed by atoms with Gasteiger partial charge in [0.25, 0.3) is 5.91 Å². The second-order valence-electron chi connectivity index (χ2n) is 5.01. The van der Waals surface area contributed by atoms with Crippen molar-refractivity contribution in [1.82, 2.24) is 5.32 Å². The largest absolute Gasteiger partial charge is 0.496 e. The van der Waals surface area contributed by atoms with Crippen LogP contribution in [0.4, 0.5) is 18.9 Å². The van der Waals surface area contributed by atoms with Crippen LogP contribution in [-0.2, 0) is 11.0 Å². The summed E-state index contributed by atoms with van der Waals surface area (Å²) in [5.74, 6) is -0.703. The number of para-hydroxylation sites is 1. The van der Waals surface area contributed by atoms with Gasteiger partial charge in [0.05, 0.1) is 24.8 Å². The van der Waals surface area contributed by atoms with Gasteiger partial charge < -0.3 is 15.4 Å². The topological polar surface area (TPSA) is 67.4 Å². The average molecular weight is 352 g/mol. The summed E-state index contributed by atoms with van der Waals surface area (Å²) in [6.07, 6.45) is -4.44. The van der Waals surface area contributed by atoms with Crippen LogP contribution in [0.2, 0.25) is 0 Å². The minimum Gasteiger partial charge on any atom is -0.496 e. The molecule has 0 aliphatic heterocycles. The molecule has 2 rings (SSSR count). The highest BCUT2D eigenvalue weighted by Crippen LogP contribution is 2.29. The SMILES string of the molecule is COc1ccccc1C(=O)NCC(=O)Nc1ccc(C(F)(F)F)cc1. The van der Waals surface area contributed by atoms with Gasteiger partial charge in [0.1, 0.15) is 5.75 Å². The maximum atomic E-state index is 12.5. The van der Waals surface area contributed by atoms with Gasteiger partial charge in [0.15, 0.2) is 0 Å². The first-order chi connectivity index (χ1) is 11.8. The Morgan fingerprint density at radius 1 is 1.04 bits per heavy atom. The maximum Gasteiger partial charge on any atom is 0.416 e. The lowest BCUT2D eigenvalue weighted by molar-refractivity contribution is -0.137. The molecule has 2 aromatic rings. The lowest BCUT2D eigenvalue weighted by Gasteiger charge is -2.10. The summed E-state index contributed by atoms with van der Waals surface area (Å²) >= 11 is 0. The lowest BCUT2D eigenvalue weighted by Crippen LogP contribution is -2.33. The predicted octanol–water partition coefficient (Wildman–Crippen LogP) is 3.08. The summed E-state index contributed by atoms with van der Waals surface area (Å²) in [7, 11) is 1.42. The van der Waals surface area contributed by atoms with Crippen LogP contribution in [0.1, 0.15) is 15.9 Å². The maximum absolute atomic E-state index is 12.5. The number of rotatable bonds is 5. The predicted molar refractivity (Wildman–Crippen MR) is 85.4 cm³/mol. The van der Waals surface area contributed by atoms with Gasteiger partial charge in [-0.25, -0.2) is 0 Å². The van der Waals surface area contributed by atoms with E-state index in [1.807, 2.05) is 0 Å². The van der Waals surface area contributed by atoms with Crippen molar-refractivity contribution in [2.24, 2.45) is 0 Å². The first-order valence-corrected chi connectivity index (χ1v) is 7.19. The van der Waals surface area contributed by atoms with Crippen molar-refractivity contribution < 1.29 is 27.5 Å². The van der Waals surface area contributed by atoms with Crippen LogP contribution in [0.5, 0.6) is 5.75 Å². The van der Waals surface area contributed by atoms with Crippen molar-refractivity contribution in [3.8, 4) is 5.75 Å². The van der Waals surface area contributed by atoms with Crippen LogP contribution < -0.4 is 15.4 Å². The van der Waals surface area contributed by atoms with E-state index in [1.165, 1.54) is 7.11 Å². The molecule has 0 atom stereocenters. The first-order valence-electron chi connectivity index (χ1n) is 7.19. The van der Waals surface area contributed by atoms with E-state index in [0.717, 1.165) is 24.3 Å². The molecule has 2 amide bonds. The van der Waals surface area contributed by atoms with Gasteiger partial charge in [0, 0.05) is 5.69 Å². The van der Waals surface area contributed by atoms with Crippen LogP contribution in [0.3, 0.4) is 0 Å². The minimum absolute atomic E-state index is 0.199. The zero-order chi connectivity index (χ0) is 18.4. The highest BCUT2D eigenvalue weighted by molar-refractivity contribution is 6.00. The molecule has 0 saturated carbocycles. The number of nitrogens with one attached hydrogen (secondary N) is 2. The number of ether oxygens (including phenoxy) is 1. The number of alkyl halides is 3. The molecule has 2 aromatic carbocycles. The molecule has 0 unspecified atom stereocenters. The third-order valence-electron chi connectivity index (χ3n) is 3.26. The molecule has 0 aliphatic carbocycles. The van der Waals surface area contributed by atoms with E-state index in [1.54, 1.807) is 24.3 Å². The molecule has 8 heteroatoms. The Balaban J connectivity index is 1.91. The molecular formula is C17H15F3N2O3. The molecular weight excluding hydrogens is 337 g/mol. The van der Waals surface area contributed by atoms with Gasteiger partial charge in [-0.15, -0.1) is 0 Å². The second-order valence-corrected chi connectivity index (χ2v) is 5.01. The summed E-state index contributed by atoms with van der Waals surface area (Å²) in [6.45, 7) is -0.335. The van der Waals surface area contributed by atoms with Crippen LogP contribution in [0, 0.1) is 0 Å². The van der Waals surface area contributed by atoms with Gasteiger partial charge in [-0.1, -0.05) is 12.1 Å². The van der Waals surface area contributed by atoms with Crippen molar-refractivity contribution in [2.45, 2.75) is 6.18 Å². The molecule has 25 heavy (non-hydrogen) atoms. The smallest absolute Gasteiger partial charge is 0.416 e. The standard InChI is InChI=1S/C17H15F3N2O3/c1-25-14-5-3-2-4-13(14)16(24)21-10-15(23)22-12-8-6-11(7-9-12)17(18,19)20/h2-9H,10H2,1H3,(H,21,24)(H,22,23). The van der Waals surface area contributed by atoms with Crippen LogP contribution in [0.25, 0.3) is 0 Å². The van der Waals surface area contributed by atoms with Gasteiger partial charge in [-0.3, -0.25) is 9.59 Å². The molecule has 0 bridgehead atoms. The van der Waals surface area contributed by atoms with Crippen molar-refractivity contribution in [1.29, 1.82) is 0 Å². The van der Waals surface area contributed by atoms with Gasteiger partial charge >= 0.3 is 6.18 Å². The number of hydrogen-bond acceptors (Lipinski definition) is 3. The van der Waals surface area contributed by atoms with E-state index in [0.29, 0.717) is 5.75 Å². The van der Waals surface area contributed by atoms with Crippen LogP contribution >= 0.6 is 0 Å². The minimum atomic E-state index is -4.44. The number of carbonyl (C=O) groups excluding carboxylic acids is 2. The fourth-order valence-electron chi connectivity index (χ4n) is 2.04. The molecule has 0 radical (unpaired) electrons. The van der Waals surface area contributed by atoms with Gasteiger partial charge in [-0.05, 0) is 36.4 Å². The number of methoxy groups -OCH3 is 1. The number of hydrogen-bond donors (Lipinski definition) is 2. The van der Waals surface area contributed by atoms with Crippen molar-refractivity contribution >= 4 is 17.5 Å². The number of amides is 2. The van der Waals surface area contributed by atoms with E-state index in [-0.39, 0.29) is 17.8 Å². The highest BCUT2D eigenvalue weighted by Gasteiger charge is 2.29. The number of halogens is 3. The Kier molecular flexibility index (Phi) is 5.63. The normalized spacial score (nSPS) is 10.9. The fraction of sp³-hybridized carbons (Fsp3) is 0.176. The summed E-state index contributed by atoms with van der Waals surface area (Å²) in [5.41, 5.74) is -0.341. The Morgan fingerprint density at radius 2 is 1.68 bits per heavy atom. The molecule has 0 spiro atoms. The van der Waals surface area contributed by atoms with Gasteiger partial charge in [0.2, 0.25) is 5.91 Å². The molecule has 132 valence electrons. The van der Waals surface area contributed by atoms with Crippen LogP contribution in [0.15, 0.2) is 48.5 Å². The number of benzene rings is 2. The van der Waals surface area contributed by atoms with Crippen LogP contribution in [-0.4, -0.2) is 25.5 Å². The fourth-order valence-corrected chi connectivity index (χ4v) is 2.04. The molecule has 0 fully saturated rings. The highest BCUT2D eigenvalue weighted by atomic mass is 19.4. The summed E-state index contributed by atoms with van der Waals surface area (Å²) < 4.78 is 42.5. The third kappa shape index (κ3) is 4.97. The number of carbonyl (C=O) groups is 2. The first kappa shape index (κ1) is 18.3. The zero-order valence-corrected chi connectivity index (χ0v) is 13.2. The van der Waals surface area contributed by atoms with E-state index < -0.39 is 23.6 Å². The second kappa shape index (κ2) is 7.69. The Morgan fingerprint density at radius 3 is 2.28 bits per heavy atom. The van der Waals surface area contributed by atoms with E-state index in [2.05, 4.69) is 10.6 Å². The number of anilines is 1. The molecule has 2 N–H and O–H groups in total. The summed E-state index contributed by atoms with van der Waals surface area (Å²) in [4.78, 5) is 23.8. The Labute approximate surface area is 141 Å². The van der Waals surface area contributed by atoms with E-state index in [4.69, 9.17) is 4.74 Å². The Hall–Kier alpha value is -3.03.